The van der Waals surface area contributed by atoms with Gasteiger partial charge in [0.05, 0.1) is 12.6 Å². The van der Waals surface area contributed by atoms with Gasteiger partial charge in [0.25, 0.3) is 0 Å². The lowest BCUT2D eigenvalue weighted by Gasteiger charge is -2.29. The minimum Gasteiger partial charge on any atom is -0.463 e. The van der Waals surface area contributed by atoms with Gasteiger partial charge in [0.1, 0.15) is 6.10 Å². The molecule has 0 aromatic carbocycles. The maximum absolute atomic E-state index is 12.4. The summed E-state index contributed by atoms with van der Waals surface area (Å²) in [6, 6.07) is 0.110. The molecule has 2 saturated heterocycles. The van der Waals surface area contributed by atoms with Crippen LogP contribution in [0.25, 0.3) is 0 Å². The van der Waals surface area contributed by atoms with Crippen molar-refractivity contribution in [3.05, 3.63) is 11.6 Å². The first-order valence-electron chi connectivity index (χ1n) is 8.80. The first-order chi connectivity index (χ1) is 11.3. The summed E-state index contributed by atoms with van der Waals surface area (Å²) in [5, 5.41) is 10.6. The summed E-state index contributed by atoms with van der Waals surface area (Å²) in [4.78, 5) is 26.9. The molecule has 1 N–H and O–H groups in total. The molecule has 0 aromatic rings. The smallest absolute Gasteiger partial charge is 0.338 e. The minimum atomic E-state index is -1.57. The summed E-state index contributed by atoms with van der Waals surface area (Å²) in [5.41, 5.74) is -0.780. The van der Waals surface area contributed by atoms with Gasteiger partial charge in [-0.2, -0.15) is 0 Å². The summed E-state index contributed by atoms with van der Waals surface area (Å²) in [6.45, 7) is 7.20. The largest absolute Gasteiger partial charge is 0.463 e. The molecule has 0 unspecified atom stereocenters. The summed E-state index contributed by atoms with van der Waals surface area (Å²) in [5.74, 6) is -1.12. The van der Waals surface area contributed by atoms with Crippen molar-refractivity contribution < 1.29 is 24.2 Å². The molecule has 0 radical (unpaired) electrons. The molecule has 3 rings (SSSR count). The van der Waals surface area contributed by atoms with Gasteiger partial charge in [0.15, 0.2) is 5.60 Å². The average molecular weight is 337 g/mol. The molecule has 134 valence electrons. The van der Waals surface area contributed by atoms with Crippen LogP contribution in [0.3, 0.4) is 0 Å². The quantitative estimate of drug-likeness (QED) is 0.671. The highest BCUT2D eigenvalue weighted by atomic mass is 16.6. The first-order valence-corrected chi connectivity index (χ1v) is 8.80. The number of cyclic esters (lactones) is 1. The Kier molecular flexibility index (Phi) is 4.71. The number of rotatable bonds is 0. The van der Waals surface area contributed by atoms with E-state index in [-0.39, 0.29) is 36.6 Å². The van der Waals surface area contributed by atoms with E-state index in [1.807, 2.05) is 6.92 Å². The predicted molar refractivity (Wildman–Crippen MR) is 87.1 cm³/mol. The van der Waals surface area contributed by atoms with Crippen LogP contribution in [0.5, 0.6) is 0 Å². The fourth-order valence-electron chi connectivity index (χ4n) is 4.18. The molecular weight excluding hydrogens is 310 g/mol. The van der Waals surface area contributed by atoms with E-state index in [0.29, 0.717) is 6.42 Å². The maximum atomic E-state index is 12.4. The maximum Gasteiger partial charge on any atom is 0.338 e. The van der Waals surface area contributed by atoms with Crippen LogP contribution in [-0.2, 0) is 19.1 Å². The number of hydrogen-bond acceptors (Lipinski definition) is 6. The van der Waals surface area contributed by atoms with Gasteiger partial charge >= 0.3 is 11.9 Å². The fraction of sp³-hybridized carbons (Fsp3) is 0.778. The van der Waals surface area contributed by atoms with Crippen LogP contribution in [-0.4, -0.2) is 59.4 Å². The SMILES string of the molecule is C/C1=C/C(=O)O[C@@H]2CCN3CC[C@H](COC(=O)[C@](C)(O)[C@@H](C)C1)[C@H]23. The number of carbonyl (C=O) groups is 2. The summed E-state index contributed by atoms with van der Waals surface area (Å²) < 4.78 is 11.2. The zero-order chi connectivity index (χ0) is 17.5. The van der Waals surface area contributed by atoms with Crippen LogP contribution in [0.2, 0.25) is 0 Å². The Hall–Kier alpha value is -1.40. The second-order valence-electron chi connectivity index (χ2n) is 7.68. The van der Waals surface area contributed by atoms with Crippen molar-refractivity contribution >= 4 is 11.9 Å². The second kappa shape index (κ2) is 6.48. The van der Waals surface area contributed by atoms with Gasteiger partial charge < -0.3 is 14.6 Å². The number of ether oxygens (including phenoxy) is 2. The van der Waals surface area contributed by atoms with Crippen LogP contribution in [0.4, 0.5) is 0 Å². The third-order valence-corrected chi connectivity index (χ3v) is 5.83. The number of hydrogen-bond donors (Lipinski definition) is 1. The molecule has 5 atom stereocenters. The van der Waals surface area contributed by atoms with E-state index >= 15 is 0 Å². The molecule has 3 aliphatic heterocycles. The van der Waals surface area contributed by atoms with Crippen molar-refractivity contribution in [2.45, 2.75) is 57.8 Å². The molecule has 2 fully saturated rings. The van der Waals surface area contributed by atoms with Crippen LogP contribution < -0.4 is 0 Å². The van der Waals surface area contributed by atoms with Crippen LogP contribution in [0.15, 0.2) is 11.6 Å². The Labute approximate surface area is 142 Å². The number of nitrogens with zero attached hydrogens (tertiary/aromatic N) is 1. The Morgan fingerprint density at radius 3 is 2.75 bits per heavy atom. The topological polar surface area (TPSA) is 76.1 Å². The van der Waals surface area contributed by atoms with Gasteiger partial charge in [-0.3, -0.25) is 4.90 Å². The van der Waals surface area contributed by atoms with E-state index < -0.39 is 11.6 Å². The van der Waals surface area contributed by atoms with Crippen molar-refractivity contribution in [2.24, 2.45) is 11.8 Å². The van der Waals surface area contributed by atoms with Gasteiger partial charge in [-0.15, -0.1) is 0 Å². The lowest BCUT2D eigenvalue weighted by atomic mass is 9.85. The Morgan fingerprint density at radius 2 is 2.00 bits per heavy atom. The number of allylic oxidation sites excluding steroid dienone is 1. The lowest BCUT2D eigenvalue weighted by molar-refractivity contribution is -0.171. The molecular formula is C18H27NO5. The number of carbonyl (C=O) groups excluding carboxylic acids is 2. The monoisotopic (exact) mass is 337 g/mol. The lowest BCUT2D eigenvalue weighted by Crippen LogP contribution is -2.44. The molecule has 6 heteroatoms. The molecule has 0 aromatic heterocycles. The summed E-state index contributed by atoms with van der Waals surface area (Å²) in [6.07, 6.45) is 3.51. The van der Waals surface area contributed by atoms with Gasteiger partial charge in [-0.25, -0.2) is 9.59 Å². The van der Waals surface area contributed by atoms with E-state index in [1.165, 1.54) is 13.0 Å². The molecule has 3 heterocycles. The molecule has 0 amide bonds. The normalized spacial score (nSPS) is 43.6. The van der Waals surface area contributed by atoms with E-state index in [2.05, 4.69) is 4.90 Å². The number of aliphatic hydroxyl groups is 1. The van der Waals surface area contributed by atoms with Crippen molar-refractivity contribution in [3.63, 3.8) is 0 Å². The third kappa shape index (κ3) is 3.22. The van der Waals surface area contributed by atoms with E-state index in [9.17, 15) is 14.7 Å². The van der Waals surface area contributed by atoms with Crippen molar-refractivity contribution in [1.82, 2.24) is 4.90 Å². The molecule has 0 bridgehead atoms. The van der Waals surface area contributed by atoms with E-state index in [0.717, 1.165) is 31.5 Å². The van der Waals surface area contributed by atoms with Crippen LogP contribution >= 0.6 is 0 Å². The average Bonchev–Trinajstić information content (AvgIpc) is 3.06. The predicted octanol–water partition coefficient (Wildman–Crippen LogP) is 1.27. The van der Waals surface area contributed by atoms with Crippen molar-refractivity contribution in [2.75, 3.05) is 19.7 Å². The zero-order valence-electron chi connectivity index (χ0n) is 14.7. The first kappa shape index (κ1) is 17.4. The van der Waals surface area contributed by atoms with Crippen molar-refractivity contribution in [1.29, 1.82) is 0 Å². The van der Waals surface area contributed by atoms with Gasteiger partial charge in [-0.1, -0.05) is 12.5 Å². The minimum absolute atomic E-state index is 0.110. The molecule has 6 nitrogen and oxygen atoms in total. The standard InChI is InChI=1S/C18H27NO5/c1-11-8-12(2)18(3,22)17(21)23-10-13-4-6-19-7-5-14(16(13)19)24-15(20)9-11/h9,12-14,16,22H,4-8,10H2,1-3H3/b11-9-/t12-,13+,14+,16+,18+/m0/s1. The number of esters is 2. The van der Waals surface area contributed by atoms with Crippen LogP contribution in [0, 0.1) is 11.8 Å². The fourth-order valence-corrected chi connectivity index (χ4v) is 4.18. The third-order valence-electron chi connectivity index (χ3n) is 5.83. The van der Waals surface area contributed by atoms with Crippen molar-refractivity contribution in [3.8, 4) is 0 Å². The highest BCUT2D eigenvalue weighted by Crippen LogP contribution is 2.36. The summed E-state index contributed by atoms with van der Waals surface area (Å²) >= 11 is 0. The van der Waals surface area contributed by atoms with Crippen LogP contribution in [0.1, 0.15) is 40.0 Å². The Bertz CT molecular complexity index is 556. The second-order valence-corrected chi connectivity index (χ2v) is 7.68. The van der Waals surface area contributed by atoms with Gasteiger partial charge in [0.2, 0.25) is 0 Å². The Morgan fingerprint density at radius 1 is 1.29 bits per heavy atom. The molecule has 0 saturated carbocycles. The molecule has 24 heavy (non-hydrogen) atoms. The highest BCUT2D eigenvalue weighted by Gasteiger charge is 2.47. The van der Waals surface area contributed by atoms with E-state index in [4.69, 9.17) is 9.47 Å². The zero-order valence-corrected chi connectivity index (χ0v) is 14.7. The molecule has 3 aliphatic rings. The van der Waals surface area contributed by atoms with Gasteiger partial charge in [0, 0.05) is 18.5 Å². The van der Waals surface area contributed by atoms with E-state index in [1.54, 1.807) is 6.92 Å². The summed E-state index contributed by atoms with van der Waals surface area (Å²) in [7, 11) is 0. The Balaban J connectivity index is 1.86. The van der Waals surface area contributed by atoms with Gasteiger partial charge in [-0.05, 0) is 45.6 Å². The molecule has 0 spiro atoms. The highest BCUT2D eigenvalue weighted by molar-refractivity contribution is 5.83. The molecule has 0 aliphatic carbocycles.